The van der Waals surface area contributed by atoms with Gasteiger partial charge in [0.2, 0.25) is 0 Å². The summed E-state index contributed by atoms with van der Waals surface area (Å²) >= 11 is 0. The Morgan fingerprint density at radius 2 is 1.70 bits per heavy atom. The molecule has 23 heavy (non-hydrogen) atoms. The normalized spacial score (nSPS) is 13.1. The maximum Gasteiger partial charge on any atom is 0.150 e. The molecule has 0 spiro atoms. The number of unbranched alkanes of at least 4 members (excludes halogenated alkanes) is 3. The maximum atomic E-state index is 11.2. The highest BCUT2D eigenvalue weighted by atomic mass is 16.1. The van der Waals surface area contributed by atoms with Crippen LogP contribution in [0.5, 0.6) is 0 Å². The Kier molecular flexibility index (Phi) is 5.27. The molecule has 0 aliphatic heterocycles. The molecule has 0 heterocycles. The van der Waals surface area contributed by atoms with Crippen LogP contribution in [0, 0.1) is 0 Å². The minimum absolute atomic E-state index is 0.883. The van der Waals surface area contributed by atoms with Gasteiger partial charge < -0.3 is 0 Å². The van der Waals surface area contributed by atoms with E-state index in [4.69, 9.17) is 0 Å². The van der Waals surface area contributed by atoms with Crippen LogP contribution in [0.3, 0.4) is 0 Å². The van der Waals surface area contributed by atoms with Crippen molar-refractivity contribution in [3.8, 4) is 11.1 Å². The van der Waals surface area contributed by atoms with Gasteiger partial charge in [0, 0.05) is 5.56 Å². The zero-order valence-corrected chi connectivity index (χ0v) is 14.1. The van der Waals surface area contributed by atoms with Gasteiger partial charge in [-0.2, -0.15) is 0 Å². The molecular formula is C22H26O. The Bertz CT molecular complexity index is 667. The van der Waals surface area contributed by atoms with E-state index in [1.807, 2.05) is 6.07 Å². The van der Waals surface area contributed by atoms with E-state index >= 15 is 0 Å². The smallest absolute Gasteiger partial charge is 0.150 e. The SMILES string of the molecule is CCCCCCc1ccc(-c2ccc(C=O)c3c2CCC3)cc1. The molecule has 1 aliphatic rings. The van der Waals surface area contributed by atoms with Crippen LogP contribution in [0.25, 0.3) is 11.1 Å². The molecule has 0 radical (unpaired) electrons. The first-order valence-electron chi connectivity index (χ1n) is 9.02. The topological polar surface area (TPSA) is 17.1 Å². The van der Waals surface area contributed by atoms with Crippen LogP contribution in [0.15, 0.2) is 36.4 Å². The van der Waals surface area contributed by atoms with E-state index in [2.05, 4.69) is 37.3 Å². The Morgan fingerprint density at radius 1 is 0.913 bits per heavy atom. The fourth-order valence-electron chi connectivity index (χ4n) is 3.72. The van der Waals surface area contributed by atoms with Crippen LogP contribution in [0.1, 0.15) is 66.1 Å². The Labute approximate surface area is 139 Å². The lowest BCUT2D eigenvalue weighted by atomic mass is 9.93. The number of hydrogen-bond acceptors (Lipinski definition) is 1. The second-order valence-electron chi connectivity index (χ2n) is 6.64. The van der Waals surface area contributed by atoms with Crippen LogP contribution in [0.4, 0.5) is 0 Å². The number of hydrogen-bond donors (Lipinski definition) is 0. The van der Waals surface area contributed by atoms with Crippen LogP contribution in [-0.4, -0.2) is 6.29 Å². The summed E-state index contributed by atoms with van der Waals surface area (Å²) < 4.78 is 0. The van der Waals surface area contributed by atoms with E-state index in [0.29, 0.717) is 0 Å². The number of fused-ring (bicyclic) bond motifs is 1. The average Bonchev–Trinajstić information content (AvgIpc) is 3.08. The van der Waals surface area contributed by atoms with Gasteiger partial charge in [-0.15, -0.1) is 0 Å². The van der Waals surface area contributed by atoms with Crippen LogP contribution in [-0.2, 0) is 19.3 Å². The van der Waals surface area contributed by atoms with E-state index in [0.717, 1.165) is 24.7 Å². The third-order valence-corrected chi connectivity index (χ3v) is 5.03. The third-order valence-electron chi connectivity index (χ3n) is 5.03. The van der Waals surface area contributed by atoms with E-state index in [-0.39, 0.29) is 0 Å². The molecule has 0 saturated carbocycles. The lowest BCUT2D eigenvalue weighted by Gasteiger charge is -2.11. The molecule has 3 rings (SSSR count). The van der Waals surface area contributed by atoms with Crippen LogP contribution < -0.4 is 0 Å². The van der Waals surface area contributed by atoms with Crippen molar-refractivity contribution in [1.82, 2.24) is 0 Å². The second-order valence-corrected chi connectivity index (χ2v) is 6.64. The number of carbonyl (C=O) groups is 1. The zero-order chi connectivity index (χ0) is 16.1. The van der Waals surface area contributed by atoms with E-state index in [9.17, 15) is 4.79 Å². The van der Waals surface area contributed by atoms with Crippen molar-refractivity contribution in [3.05, 3.63) is 58.7 Å². The Morgan fingerprint density at radius 3 is 2.43 bits per heavy atom. The van der Waals surface area contributed by atoms with Gasteiger partial charge in [-0.25, -0.2) is 0 Å². The molecule has 2 aromatic carbocycles. The average molecular weight is 306 g/mol. The summed E-state index contributed by atoms with van der Waals surface area (Å²) in [5.41, 5.74) is 7.60. The minimum Gasteiger partial charge on any atom is -0.298 e. The van der Waals surface area contributed by atoms with E-state index < -0.39 is 0 Å². The number of benzene rings is 2. The van der Waals surface area contributed by atoms with Gasteiger partial charge in [-0.3, -0.25) is 4.79 Å². The summed E-state index contributed by atoms with van der Waals surface area (Å²) in [5.74, 6) is 0. The lowest BCUT2D eigenvalue weighted by Crippen LogP contribution is -1.95. The van der Waals surface area contributed by atoms with Crippen molar-refractivity contribution in [1.29, 1.82) is 0 Å². The number of carbonyl (C=O) groups excluding carboxylic acids is 1. The summed E-state index contributed by atoms with van der Waals surface area (Å²) in [6.45, 7) is 2.25. The Balaban J connectivity index is 1.78. The van der Waals surface area contributed by atoms with Gasteiger partial charge in [0.05, 0.1) is 0 Å². The van der Waals surface area contributed by atoms with Gasteiger partial charge in [-0.1, -0.05) is 62.6 Å². The highest BCUT2D eigenvalue weighted by Crippen LogP contribution is 2.34. The molecule has 1 heteroatoms. The van der Waals surface area contributed by atoms with Crippen molar-refractivity contribution in [2.24, 2.45) is 0 Å². The molecule has 2 aromatic rings. The standard InChI is InChI=1S/C22H26O/c1-2-3-4-5-7-17-10-12-18(13-11-17)21-15-14-19(16-23)20-8-6-9-22(20)21/h10-16H,2-9H2,1H3. The summed E-state index contributed by atoms with van der Waals surface area (Å²) in [5, 5.41) is 0. The van der Waals surface area contributed by atoms with Gasteiger partial charge in [0.1, 0.15) is 6.29 Å². The fourth-order valence-corrected chi connectivity index (χ4v) is 3.72. The molecule has 0 atom stereocenters. The number of rotatable bonds is 7. The third kappa shape index (κ3) is 3.55. The molecule has 0 N–H and O–H groups in total. The molecule has 0 unspecified atom stereocenters. The van der Waals surface area contributed by atoms with Crippen LogP contribution in [0.2, 0.25) is 0 Å². The number of aryl methyl sites for hydroxylation is 1. The molecule has 0 bridgehead atoms. The summed E-state index contributed by atoms with van der Waals surface area (Å²) in [4.78, 5) is 11.2. The number of aldehydes is 1. The lowest BCUT2D eigenvalue weighted by molar-refractivity contribution is 0.112. The maximum absolute atomic E-state index is 11.2. The zero-order valence-electron chi connectivity index (χ0n) is 14.1. The van der Waals surface area contributed by atoms with Crippen LogP contribution >= 0.6 is 0 Å². The Hall–Kier alpha value is -1.89. The first kappa shape index (κ1) is 16.0. The van der Waals surface area contributed by atoms with Gasteiger partial charge in [0.25, 0.3) is 0 Å². The molecule has 1 nitrogen and oxygen atoms in total. The van der Waals surface area contributed by atoms with Crippen molar-refractivity contribution in [2.75, 3.05) is 0 Å². The molecule has 0 saturated heterocycles. The first-order chi connectivity index (χ1) is 11.3. The molecule has 120 valence electrons. The fraction of sp³-hybridized carbons (Fsp3) is 0.409. The largest absolute Gasteiger partial charge is 0.298 e. The predicted octanol–water partition coefficient (Wildman–Crippen LogP) is 5.78. The van der Waals surface area contributed by atoms with Crippen molar-refractivity contribution >= 4 is 6.29 Å². The molecule has 1 aliphatic carbocycles. The van der Waals surface area contributed by atoms with E-state index in [1.54, 1.807) is 0 Å². The quantitative estimate of drug-likeness (QED) is 0.468. The van der Waals surface area contributed by atoms with Gasteiger partial charge in [0.15, 0.2) is 0 Å². The molecule has 0 fully saturated rings. The highest BCUT2D eigenvalue weighted by molar-refractivity contribution is 5.82. The predicted molar refractivity (Wildman–Crippen MR) is 97.1 cm³/mol. The summed E-state index contributed by atoms with van der Waals surface area (Å²) in [6.07, 6.45) is 10.8. The van der Waals surface area contributed by atoms with E-state index in [1.165, 1.54) is 66.3 Å². The summed E-state index contributed by atoms with van der Waals surface area (Å²) in [7, 11) is 0. The van der Waals surface area contributed by atoms with Crippen molar-refractivity contribution in [3.63, 3.8) is 0 Å². The molecule has 0 amide bonds. The molecular weight excluding hydrogens is 280 g/mol. The monoisotopic (exact) mass is 306 g/mol. The minimum atomic E-state index is 0.883. The highest BCUT2D eigenvalue weighted by Gasteiger charge is 2.18. The molecule has 0 aromatic heterocycles. The van der Waals surface area contributed by atoms with Gasteiger partial charge in [-0.05, 0) is 59.9 Å². The van der Waals surface area contributed by atoms with Crippen molar-refractivity contribution < 1.29 is 4.79 Å². The first-order valence-corrected chi connectivity index (χ1v) is 9.02. The van der Waals surface area contributed by atoms with Crippen molar-refractivity contribution in [2.45, 2.75) is 58.3 Å². The van der Waals surface area contributed by atoms with Gasteiger partial charge >= 0.3 is 0 Å². The summed E-state index contributed by atoms with van der Waals surface area (Å²) in [6, 6.07) is 13.2. The second kappa shape index (κ2) is 7.59.